The number of nitrogens with one attached hydrogen (secondary N) is 2. The Labute approximate surface area is 154 Å². The number of halogens is 2. The zero-order valence-corrected chi connectivity index (χ0v) is 15.7. The highest BCUT2D eigenvalue weighted by Gasteiger charge is 2.06. The highest BCUT2D eigenvalue weighted by atomic mass is 79.9. The van der Waals surface area contributed by atoms with Crippen LogP contribution in [0.15, 0.2) is 50.7 Å². The molecule has 5 nitrogen and oxygen atoms in total. The summed E-state index contributed by atoms with van der Waals surface area (Å²) in [7, 11) is 0. The van der Waals surface area contributed by atoms with E-state index in [1.807, 2.05) is 23.6 Å². The summed E-state index contributed by atoms with van der Waals surface area (Å²) < 4.78 is 6.98. The van der Waals surface area contributed by atoms with E-state index in [-0.39, 0.29) is 6.61 Å². The zero-order valence-electron chi connectivity index (χ0n) is 11.7. The highest BCUT2D eigenvalue weighted by molar-refractivity contribution is 9.11. The number of amides is 2. The van der Waals surface area contributed by atoms with Gasteiger partial charge in [0, 0.05) is 15.4 Å². The van der Waals surface area contributed by atoms with E-state index in [0.717, 1.165) is 13.8 Å². The lowest BCUT2D eigenvalue weighted by Gasteiger charge is -2.09. The Kier molecular flexibility index (Phi) is 6.82. The van der Waals surface area contributed by atoms with Crippen molar-refractivity contribution in [2.75, 3.05) is 6.61 Å². The average Bonchev–Trinajstić information content (AvgIpc) is 3.03. The van der Waals surface area contributed by atoms with Crippen molar-refractivity contribution < 1.29 is 14.3 Å². The zero-order chi connectivity index (χ0) is 16.7. The van der Waals surface area contributed by atoms with Crippen molar-refractivity contribution in [1.29, 1.82) is 0 Å². The lowest BCUT2D eigenvalue weighted by Crippen LogP contribution is -2.43. The molecule has 1 heterocycles. The minimum Gasteiger partial charge on any atom is -0.483 e. The van der Waals surface area contributed by atoms with E-state index in [4.69, 9.17) is 4.74 Å². The van der Waals surface area contributed by atoms with Crippen molar-refractivity contribution in [2.24, 2.45) is 0 Å². The van der Waals surface area contributed by atoms with Crippen molar-refractivity contribution in [3.8, 4) is 5.75 Å². The Bertz CT molecular complexity index is 718. The molecule has 2 aromatic rings. The lowest BCUT2D eigenvalue weighted by atomic mass is 10.3. The van der Waals surface area contributed by atoms with Gasteiger partial charge in [-0.2, -0.15) is 0 Å². The molecule has 0 fully saturated rings. The molecule has 0 saturated heterocycles. The van der Waals surface area contributed by atoms with Gasteiger partial charge in [0.25, 0.3) is 11.8 Å². The van der Waals surface area contributed by atoms with Crippen molar-refractivity contribution in [2.45, 2.75) is 0 Å². The molecule has 1 aromatic heterocycles. The van der Waals surface area contributed by atoms with Crippen LogP contribution in [0.5, 0.6) is 5.75 Å². The number of ether oxygens (including phenoxy) is 1. The molecule has 1 aromatic carbocycles. The molecule has 0 aliphatic heterocycles. The maximum Gasteiger partial charge on any atom is 0.276 e. The van der Waals surface area contributed by atoms with E-state index in [2.05, 4.69) is 42.7 Å². The van der Waals surface area contributed by atoms with E-state index in [1.165, 1.54) is 17.4 Å². The molecule has 0 spiro atoms. The molecule has 0 aliphatic carbocycles. The van der Waals surface area contributed by atoms with Gasteiger partial charge in [-0.05, 0) is 51.7 Å². The molecule has 0 aliphatic rings. The molecule has 2 rings (SSSR count). The topological polar surface area (TPSA) is 67.4 Å². The molecular formula is C15H12Br2N2O3S. The summed E-state index contributed by atoms with van der Waals surface area (Å²) in [5, 5.41) is 1.91. The van der Waals surface area contributed by atoms with E-state index < -0.39 is 11.8 Å². The molecule has 2 amide bonds. The second-order valence-electron chi connectivity index (χ2n) is 4.25. The van der Waals surface area contributed by atoms with Gasteiger partial charge in [-0.3, -0.25) is 20.4 Å². The molecule has 8 heteroatoms. The van der Waals surface area contributed by atoms with Crippen molar-refractivity contribution in [3.63, 3.8) is 0 Å². The average molecular weight is 460 g/mol. The van der Waals surface area contributed by atoms with Gasteiger partial charge in [0.05, 0.1) is 4.47 Å². The Balaban J connectivity index is 1.73. The number of rotatable bonds is 5. The number of carbonyl (C=O) groups is 2. The van der Waals surface area contributed by atoms with Gasteiger partial charge in [0.15, 0.2) is 6.61 Å². The van der Waals surface area contributed by atoms with E-state index in [9.17, 15) is 9.59 Å². The van der Waals surface area contributed by atoms with Crippen LogP contribution < -0.4 is 15.6 Å². The highest BCUT2D eigenvalue weighted by Crippen LogP contribution is 2.27. The van der Waals surface area contributed by atoms with Gasteiger partial charge in [-0.1, -0.05) is 22.0 Å². The Hall–Kier alpha value is -1.64. The van der Waals surface area contributed by atoms with E-state index in [0.29, 0.717) is 5.75 Å². The minimum atomic E-state index is -0.460. The lowest BCUT2D eigenvalue weighted by molar-refractivity contribution is -0.128. The first-order chi connectivity index (χ1) is 11.0. The number of hydrogen-bond acceptors (Lipinski definition) is 4. The van der Waals surface area contributed by atoms with Crippen molar-refractivity contribution in [1.82, 2.24) is 10.9 Å². The van der Waals surface area contributed by atoms with Crippen LogP contribution in [0.3, 0.4) is 0 Å². The Morgan fingerprint density at radius 2 is 2.04 bits per heavy atom. The van der Waals surface area contributed by atoms with Crippen molar-refractivity contribution >= 4 is 61.1 Å². The maximum absolute atomic E-state index is 11.6. The fraction of sp³-hybridized carbons (Fsp3) is 0.0667. The summed E-state index contributed by atoms with van der Waals surface area (Å²) in [5.74, 6) is -0.346. The number of hydrogen-bond donors (Lipinski definition) is 2. The predicted molar refractivity (Wildman–Crippen MR) is 97.0 cm³/mol. The second kappa shape index (κ2) is 8.85. The fourth-order valence-electron chi connectivity index (χ4n) is 1.49. The molecule has 0 bridgehead atoms. The van der Waals surface area contributed by atoms with E-state index >= 15 is 0 Å². The van der Waals surface area contributed by atoms with Crippen LogP contribution in [0, 0.1) is 0 Å². The van der Waals surface area contributed by atoms with E-state index in [1.54, 1.807) is 18.2 Å². The molecule has 2 N–H and O–H groups in total. The Morgan fingerprint density at radius 1 is 1.22 bits per heavy atom. The van der Waals surface area contributed by atoms with Crippen LogP contribution >= 0.6 is 43.2 Å². The van der Waals surface area contributed by atoms with Crippen LogP contribution in [-0.2, 0) is 9.59 Å². The third-order valence-corrected chi connectivity index (χ3v) is 4.47. The SMILES string of the molecule is O=C(C=Cc1cccs1)NNC(=O)COc1ccc(Br)cc1Br. The largest absolute Gasteiger partial charge is 0.483 e. The van der Waals surface area contributed by atoms with Crippen LogP contribution in [-0.4, -0.2) is 18.4 Å². The monoisotopic (exact) mass is 458 g/mol. The Morgan fingerprint density at radius 3 is 2.74 bits per heavy atom. The minimum absolute atomic E-state index is 0.213. The molecule has 120 valence electrons. The summed E-state index contributed by atoms with van der Waals surface area (Å²) in [4.78, 5) is 24.1. The van der Waals surface area contributed by atoms with Crippen LogP contribution in [0.1, 0.15) is 4.88 Å². The van der Waals surface area contributed by atoms with Gasteiger partial charge in [-0.25, -0.2) is 0 Å². The first-order valence-corrected chi connectivity index (χ1v) is 8.89. The normalized spacial score (nSPS) is 10.5. The third kappa shape index (κ3) is 6.17. The molecule has 0 saturated carbocycles. The van der Waals surface area contributed by atoms with Gasteiger partial charge in [-0.15, -0.1) is 11.3 Å². The quantitative estimate of drug-likeness (QED) is 0.531. The van der Waals surface area contributed by atoms with Crippen LogP contribution in [0.2, 0.25) is 0 Å². The maximum atomic E-state index is 11.6. The van der Waals surface area contributed by atoms with Gasteiger partial charge < -0.3 is 4.74 Å². The first-order valence-electron chi connectivity index (χ1n) is 6.43. The number of thiophene rings is 1. The summed E-state index contributed by atoms with van der Waals surface area (Å²) in [6.07, 6.45) is 3.01. The summed E-state index contributed by atoms with van der Waals surface area (Å²) in [5.41, 5.74) is 4.56. The fourth-order valence-corrected chi connectivity index (χ4v) is 3.27. The number of carbonyl (C=O) groups excluding carboxylic acids is 2. The molecule has 0 unspecified atom stereocenters. The summed E-state index contributed by atoms with van der Waals surface area (Å²) in [6, 6.07) is 9.11. The molecule has 23 heavy (non-hydrogen) atoms. The molecular weight excluding hydrogens is 448 g/mol. The summed E-state index contributed by atoms with van der Waals surface area (Å²) in [6.45, 7) is -0.213. The molecule has 0 radical (unpaired) electrons. The number of benzene rings is 1. The summed E-state index contributed by atoms with van der Waals surface area (Å²) >= 11 is 8.18. The van der Waals surface area contributed by atoms with Gasteiger partial charge in [0.2, 0.25) is 0 Å². The smallest absolute Gasteiger partial charge is 0.276 e. The van der Waals surface area contributed by atoms with Crippen LogP contribution in [0.25, 0.3) is 6.08 Å². The van der Waals surface area contributed by atoms with Crippen molar-refractivity contribution in [3.05, 3.63) is 55.6 Å². The van der Waals surface area contributed by atoms with Crippen LogP contribution in [0.4, 0.5) is 0 Å². The number of hydrazine groups is 1. The third-order valence-electron chi connectivity index (χ3n) is 2.52. The predicted octanol–water partition coefficient (Wildman–Crippen LogP) is 3.51. The molecule has 0 atom stereocenters. The second-order valence-corrected chi connectivity index (χ2v) is 7.00. The van der Waals surface area contributed by atoms with Gasteiger partial charge in [0.1, 0.15) is 5.75 Å². The standard InChI is InChI=1S/C15H12Br2N2O3S/c16-10-3-5-13(12(17)8-10)22-9-15(21)19-18-14(20)6-4-11-2-1-7-23-11/h1-8H,9H2,(H,18,20)(H,19,21). The van der Waals surface area contributed by atoms with Gasteiger partial charge >= 0.3 is 0 Å². The first kappa shape index (κ1) is 17.7.